The van der Waals surface area contributed by atoms with Crippen molar-refractivity contribution >= 4 is 5.69 Å². The van der Waals surface area contributed by atoms with Crippen LogP contribution in [0.4, 0.5) is 5.69 Å². The van der Waals surface area contributed by atoms with Crippen LogP contribution < -0.4 is 9.64 Å². The van der Waals surface area contributed by atoms with Crippen molar-refractivity contribution in [1.82, 2.24) is 0 Å². The Bertz CT molecular complexity index is 503. The van der Waals surface area contributed by atoms with Crippen LogP contribution in [-0.2, 0) is 6.42 Å². The Morgan fingerprint density at radius 1 is 0.944 bits per heavy atom. The van der Waals surface area contributed by atoms with Gasteiger partial charge in [0.25, 0.3) is 0 Å². The molecule has 0 spiro atoms. The van der Waals surface area contributed by atoms with E-state index < -0.39 is 0 Å². The summed E-state index contributed by atoms with van der Waals surface area (Å²) in [6.45, 7) is 0. The minimum Gasteiger partial charge on any atom is -0.496 e. The van der Waals surface area contributed by atoms with Gasteiger partial charge in [0.05, 0.1) is 7.11 Å². The average molecular weight is 241 g/mol. The summed E-state index contributed by atoms with van der Waals surface area (Å²) in [7, 11) is 5.82. The van der Waals surface area contributed by atoms with Crippen molar-refractivity contribution < 1.29 is 4.74 Å². The Morgan fingerprint density at radius 3 is 2.22 bits per heavy atom. The van der Waals surface area contributed by atoms with Crippen molar-refractivity contribution in [2.24, 2.45) is 0 Å². The summed E-state index contributed by atoms with van der Waals surface area (Å²) in [5, 5.41) is 0. The molecular formula is C16H19NO. The van der Waals surface area contributed by atoms with Crippen molar-refractivity contribution in [3.8, 4) is 5.75 Å². The molecule has 2 heteroatoms. The number of anilines is 1. The first-order chi connectivity index (χ1) is 8.70. The average Bonchev–Trinajstić information content (AvgIpc) is 2.40. The van der Waals surface area contributed by atoms with Crippen molar-refractivity contribution in [3.63, 3.8) is 0 Å². The molecule has 2 aromatic rings. The van der Waals surface area contributed by atoms with Crippen LogP contribution in [0.3, 0.4) is 0 Å². The molecule has 0 aliphatic carbocycles. The smallest absolute Gasteiger partial charge is 0.122 e. The lowest BCUT2D eigenvalue weighted by Gasteiger charge is -2.13. The Labute approximate surface area is 109 Å². The molecule has 0 aliphatic rings. The number of hydrogen-bond donors (Lipinski definition) is 0. The molecule has 0 heterocycles. The van der Waals surface area contributed by atoms with Crippen LogP contribution in [0.1, 0.15) is 11.1 Å². The van der Waals surface area contributed by atoms with Crippen LogP contribution in [0.15, 0.2) is 48.5 Å². The van der Waals surface area contributed by atoms with Gasteiger partial charge in [0.15, 0.2) is 0 Å². The zero-order valence-electron chi connectivity index (χ0n) is 11.2. The van der Waals surface area contributed by atoms with E-state index in [1.54, 1.807) is 7.11 Å². The molecule has 0 bridgehead atoms. The van der Waals surface area contributed by atoms with E-state index in [1.165, 1.54) is 16.8 Å². The Hall–Kier alpha value is -1.96. The van der Waals surface area contributed by atoms with Crippen molar-refractivity contribution in [2.45, 2.75) is 6.42 Å². The highest BCUT2D eigenvalue weighted by molar-refractivity contribution is 5.47. The summed E-state index contributed by atoms with van der Waals surface area (Å²) in [6.07, 6.45) is 0.901. The molecule has 2 nitrogen and oxygen atoms in total. The van der Waals surface area contributed by atoms with Crippen LogP contribution in [0.5, 0.6) is 5.75 Å². The molecule has 0 N–H and O–H groups in total. The Morgan fingerprint density at radius 2 is 1.61 bits per heavy atom. The molecule has 0 radical (unpaired) electrons. The minimum atomic E-state index is 0.901. The zero-order valence-corrected chi connectivity index (χ0v) is 11.2. The Balaban J connectivity index is 2.18. The van der Waals surface area contributed by atoms with E-state index in [4.69, 9.17) is 4.74 Å². The lowest BCUT2D eigenvalue weighted by atomic mass is 10.0. The van der Waals surface area contributed by atoms with E-state index in [0.717, 1.165) is 12.2 Å². The van der Waals surface area contributed by atoms with Gasteiger partial charge in [0, 0.05) is 26.2 Å². The molecule has 0 aliphatic heterocycles. The molecule has 18 heavy (non-hydrogen) atoms. The van der Waals surface area contributed by atoms with Gasteiger partial charge in [-0.3, -0.25) is 0 Å². The number of hydrogen-bond acceptors (Lipinski definition) is 2. The lowest BCUT2D eigenvalue weighted by Crippen LogP contribution is -2.08. The quantitative estimate of drug-likeness (QED) is 0.814. The third-order valence-corrected chi connectivity index (χ3v) is 3.04. The molecule has 2 aromatic carbocycles. The third-order valence-electron chi connectivity index (χ3n) is 3.04. The van der Waals surface area contributed by atoms with Crippen molar-refractivity contribution in [1.29, 1.82) is 0 Å². The highest BCUT2D eigenvalue weighted by Gasteiger charge is 2.03. The fraction of sp³-hybridized carbons (Fsp3) is 0.250. The molecule has 0 atom stereocenters. The maximum atomic E-state index is 5.37. The molecule has 0 saturated carbocycles. The van der Waals surface area contributed by atoms with E-state index in [0.29, 0.717) is 0 Å². The summed E-state index contributed by atoms with van der Waals surface area (Å²) in [5.74, 6) is 0.953. The van der Waals surface area contributed by atoms with Gasteiger partial charge in [-0.15, -0.1) is 0 Å². The van der Waals surface area contributed by atoms with Gasteiger partial charge in [0.2, 0.25) is 0 Å². The predicted octanol–water partition coefficient (Wildman–Crippen LogP) is 3.35. The second kappa shape index (κ2) is 5.58. The van der Waals surface area contributed by atoms with Gasteiger partial charge < -0.3 is 9.64 Å². The summed E-state index contributed by atoms with van der Waals surface area (Å²) in [4.78, 5) is 2.10. The number of benzene rings is 2. The maximum absolute atomic E-state index is 5.37. The fourth-order valence-electron chi connectivity index (χ4n) is 1.98. The maximum Gasteiger partial charge on any atom is 0.122 e. The first kappa shape index (κ1) is 12.5. The van der Waals surface area contributed by atoms with Crippen LogP contribution in [0, 0.1) is 0 Å². The third kappa shape index (κ3) is 2.83. The number of rotatable bonds is 4. The first-order valence-electron chi connectivity index (χ1n) is 6.09. The molecule has 2 rings (SSSR count). The van der Waals surface area contributed by atoms with E-state index in [2.05, 4.69) is 49.3 Å². The topological polar surface area (TPSA) is 12.5 Å². The molecule has 0 saturated heterocycles. The standard InChI is InChI=1S/C16H19NO/c1-17(2)15-10-8-13(9-11-15)12-14-6-4-5-7-16(14)18-3/h4-11H,12H2,1-3H3. The zero-order chi connectivity index (χ0) is 13.0. The van der Waals surface area contributed by atoms with Gasteiger partial charge in [-0.2, -0.15) is 0 Å². The Kier molecular flexibility index (Phi) is 3.88. The van der Waals surface area contributed by atoms with Crippen LogP contribution in [-0.4, -0.2) is 21.2 Å². The van der Waals surface area contributed by atoms with Crippen LogP contribution in [0.2, 0.25) is 0 Å². The molecule has 0 fully saturated rings. The number of methoxy groups -OCH3 is 1. The molecule has 94 valence electrons. The summed E-state index contributed by atoms with van der Waals surface area (Å²) in [6, 6.07) is 16.8. The van der Waals surface area contributed by atoms with Gasteiger partial charge in [-0.25, -0.2) is 0 Å². The minimum absolute atomic E-state index is 0.901. The number of nitrogens with zero attached hydrogens (tertiary/aromatic N) is 1. The lowest BCUT2D eigenvalue weighted by molar-refractivity contribution is 0.410. The van der Waals surface area contributed by atoms with Gasteiger partial charge >= 0.3 is 0 Å². The van der Waals surface area contributed by atoms with Gasteiger partial charge in [-0.05, 0) is 29.3 Å². The number of para-hydroxylation sites is 1. The second-order valence-corrected chi connectivity index (χ2v) is 4.55. The van der Waals surface area contributed by atoms with Gasteiger partial charge in [-0.1, -0.05) is 30.3 Å². The highest BCUT2D eigenvalue weighted by atomic mass is 16.5. The predicted molar refractivity (Wildman–Crippen MR) is 76.6 cm³/mol. The van der Waals surface area contributed by atoms with E-state index in [-0.39, 0.29) is 0 Å². The van der Waals surface area contributed by atoms with Crippen LogP contribution >= 0.6 is 0 Å². The molecule has 0 unspecified atom stereocenters. The van der Waals surface area contributed by atoms with Crippen LogP contribution in [0.25, 0.3) is 0 Å². The molecular weight excluding hydrogens is 222 g/mol. The SMILES string of the molecule is COc1ccccc1Cc1ccc(N(C)C)cc1. The van der Waals surface area contributed by atoms with E-state index in [1.807, 2.05) is 18.2 Å². The largest absolute Gasteiger partial charge is 0.496 e. The van der Waals surface area contributed by atoms with E-state index >= 15 is 0 Å². The molecule has 0 amide bonds. The first-order valence-corrected chi connectivity index (χ1v) is 6.09. The van der Waals surface area contributed by atoms with Crippen molar-refractivity contribution in [2.75, 3.05) is 26.1 Å². The summed E-state index contributed by atoms with van der Waals surface area (Å²) < 4.78 is 5.37. The van der Waals surface area contributed by atoms with Crippen molar-refractivity contribution in [3.05, 3.63) is 59.7 Å². The molecule has 0 aromatic heterocycles. The number of ether oxygens (including phenoxy) is 1. The second-order valence-electron chi connectivity index (χ2n) is 4.55. The highest BCUT2D eigenvalue weighted by Crippen LogP contribution is 2.22. The normalized spacial score (nSPS) is 10.2. The van der Waals surface area contributed by atoms with Gasteiger partial charge in [0.1, 0.15) is 5.75 Å². The summed E-state index contributed by atoms with van der Waals surface area (Å²) in [5.41, 5.74) is 3.74. The van der Waals surface area contributed by atoms with E-state index in [9.17, 15) is 0 Å². The fourth-order valence-corrected chi connectivity index (χ4v) is 1.98. The summed E-state index contributed by atoms with van der Waals surface area (Å²) >= 11 is 0. The monoisotopic (exact) mass is 241 g/mol.